The van der Waals surface area contributed by atoms with E-state index in [1.54, 1.807) is 0 Å². The van der Waals surface area contributed by atoms with Crippen molar-refractivity contribution < 1.29 is 93.5 Å². The molecular weight excluding hydrogens is 736 g/mol. The Labute approximate surface area is 320 Å². The summed E-state index contributed by atoms with van der Waals surface area (Å²) >= 11 is 0. The van der Waals surface area contributed by atoms with Gasteiger partial charge in [0.15, 0.2) is 0 Å². The summed E-state index contributed by atoms with van der Waals surface area (Å²) in [7, 11) is 0. The van der Waals surface area contributed by atoms with E-state index in [4.69, 9.17) is 0 Å². The van der Waals surface area contributed by atoms with Crippen LogP contribution >= 0.6 is 0 Å². The molecule has 0 aromatic rings. The maximum absolute atomic E-state index is 10.1. The van der Waals surface area contributed by atoms with Gasteiger partial charge in [0.1, 0.15) is 0 Å². The van der Waals surface area contributed by atoms with Crippen molar-refractivity contribution in [1.29, 1.82) is 0 Å². The van der Waals surface area contributed by atoms with Crippen molar-refractivity contribution in [2.75, 3.05) is 0 Å². The number of rotatable bonds is 33. The van der Waals surface area contributed by atoms with E-state index in [2.05, 4.69) is 0 Å². The van der Waals surface area contributed by atoms with Crippen LogP contribution in [0.25, 0.3) is 0 Å². The quantitative estimate of drug-likeness (QED) is 0.0672. The van der Waals surface area contributed by atoms with Crippen molar-refractivity contribution >= 4 is 35.8 Å². The Bertz CT molecular complexity index is 654. The van der Waals surface area contributed by atoms with Crippen molar-refractivity contribution in [2.24, 2.45) is 0 Å². The minimum absolute atomic E-state index is 0. The second-order valence-corrected chi connectivity index (χ2v) is 12.2. The average Bonchev–Trinajstić information content (AvgIpc) is 2.99. The molecule has 0 saturated heterocycles. The van der Waals surface area contributed by atoms with Gasteiger partial charge in [-0.15, -0.1) is 0 Å². The predicted molar refractivity (Wildman–Crippen MR) is 169 cm³/mol. The van der Waals surface area contributed by atoms with E-state index in [1.807, 2.05) is 0 Å². The zero-order chi connectivity index (χ0) is 36.7. The molecule has 0 aliphatic rings. The van der Waals surface area contributed by atoms with Crippen LogP contribution in [0.5, 0.6) is 0 Å². The van der Waals surface area contributed by atoms with Gasteiger partial charge in [0, 0.05) is 35.8 Å². The number of carboxylic acids is 6. The maximum Gasteiger partial charge on any atom is 3.00 e. The molecule has 0 bridgehead atoms. The SMILES string of the molecule is O=C([O-])CCCCCCCCCCC(=O)[O-].O=C([O-])CCCCCCCCCCC(=O)[O-].O=C([O-])CCCCCCCCCCC(=O)[O-].[Fe+3].[Fe+3]. The Hall–Kier alpha value is -2.14. The molecule has 0 rings (SSSR count). The van der Waals surface area contributed by atoms with Crippen LogP contribution in [0.15, 0.2) is 0 Å². The third-order valence-corrected chi connectivity index (χ3v) is 7.54. The van der Waals surface area contributed by atoms with E-state index >= 15 is 0 Å². The number of aliphatic carboxylic acids is 6. The molecule has 0 atom stereocenters. The summed E-state index contributed by atoms with van der Waals surface area (Å²) in [6.07, 6.45) is 23.7. The second kappa shape index (κ2) is 46.9. The molecule has 0 saturated carbocycles. The molecule has 0 aromatic carbocycles. The number of carbonyl (C=O) groups excluding carboxylic acids is 6. The van der Waals surface area contributed by atoms with Crippen LogP contribution < -0.4 is 30.6 Å². The molecule has 0 aliphatic heterocycles. The normalized spacial score (nSPS) is 9.84. The smallest absolute Gasteiger partial charge is 0.550 e. The molecule has 0 aliphatic carbocycles. The molecule has 12 nitrogen and oxygen atoms in total. The van der Waals surface area contributed by atoms with Crippen molar-refractivity contribution in [2.45, 2.75) is 193 Å². The molecule has 292 valence electrons. The number of hydrogen-bond donors (Lipinski definition) is 0. The molecule has 50 heavy (non-hydrogen) atoms. The minimum atomic E-state index is -0.970. The topological polar surface area (TPSA) is 241 Å². The molecule has 2 radical (unpaired) electrons. The van der Waals surface area contributed by atoms with Gasteiger partial charge >= 0.3 is 34.1 Å². The van der Waals surface area contributed by atoms with Crippen LogP contribution in [0.2, 0.25) is 0 Å². The van der Waals surface area contributed by atoms with Crippen LogP contribution in [0.1, 0.15) is 193 Å². The van der Waals surface area contributed by atoms with E-state index < -0.39 is 35.8 Å². The molecule has 0 aromatic heterocycles. The predicted octanol–water partition coefficient (Wildman–Crippen LogP) is 1.16. The van der Waals surface area contributed by atoms with Crippen LogP contribution in [0.3, 0.4) is 0 Å². The van der Waals surface area contributed by atoms with Gasteiger partial charge < -0.3 is 59.4 Å². The van der Waals surface area contributed by atoms with Crippen LogP contribution in [0, 0.1) is 0 Å². The first-order valence-corrected chi connectivity index (χ1v) is 18.1. The molecule has 0 amide bonds. The van der Waals surface area contributed by atoms with Crippen molar-refractivity contribution in [3.63, 3.8) is 0 Å². The van der Waals surface area contributed by atoms with Crippen LogP contribution in [-0.2, 0) is 62.9 Å². The molecular formula is C36H60Fe2O12. The summed E-state index contributed by atoms with van der Waals surface area (Å²) in [5, 5.41) is 60.6. The van der Waals surface area contributed by atoms with Crippen molar-refractivity contribution in [3.8, 4) is 0 Å². The van der Waals surface area contributed by atoms with Gasteiger partial charge in [0.05, 0.1) is 0 Å². The number of carbonyl (C=O) groups is 6. The van der Waals surface area contributed by atoms with Gasteiger partial charge in [-0.25, -0.2) is 0 Å². The average molecular weight is 797 g/mol. The fourth-order valence-electron chi connectivity index (χ4n) is 4.80. The van der Waals surface area contributed by atoms with Gasteiger partial charge in [-0.3, -0.25) is 0 Å². The third-order valence-electron chi connectivity index (χ3n) is 7.54. The van der Waals surface area contributed by atoms with E-state index in [-0.39, 0.29) is 72.7 Å². The minimum Gasteiger partial charge on any atom is -0.550 e. The molecule has 0 unspecified atom stereocenters. The number of unbranched alkanes of at least 4 members (excludes halogenated alkanes) is 21. The largest absolute Gasteiger partial charge is 3.00 e. The fourth-order valence-corrected chi connectivity index (χ4v) is 4.80. The van der Waals surface area contributed by atoms with Gasteiger partial charge in [-0.1, -0.05) is 116 Å². The third kappa shape index (κ3) is 67.9. The number of carboxylic acid groups (broad SMARTS) is 6. The Kier molecular flexibility index (Phi) is 53.6. The molecule has 0 fully saturated rings. The monoisotopic (exact) mass is 796 g/mol. The standard InChI is InChI=1S/3C12H22O4.2Fe/c3*13-11(14)9-7-5-3-1-2-4-6-8-10-12(15)16;;/h3*1-10H2,(H,13,14)(H,15,16);;/q;;;2*+3/p-6. The summed E-state index contributed by atoms with van der Waals surface area (Å²) < 4.78 is 0. The fraction of sp³-hybridized carbons (Fsp3) is 0.833. The van der Waals surface area contributed by atoms with E-state index in [0.29, 0.717) is 38.5 Å². The van der Waals surface area contributed by atoms with Gasteiger partial charge in [0.25, 0.3) is 0 Å². The Morgan fingerprint density at radius 2 is 0.280 bits per heavy atom. The van der Waals surface area contributed by atoms with Gasteiger partial charge in [0.2, 0.25) is 0 Å². The molecule has 0 N–H and O–H groups in total. The van der Waals surface area contributed by atoms with Gasteiger partial charge in [-0.2, -0.15) is 0 Å². The summed E-state index contributed by atoms with van der Waals surface area (Å²) in [5.41, 5.74) is 0. The molecule has 14 heteroatoms. The number of hydrogen-bond acceptors (Lipinski definition) is 12. The zero-order valence-electron chi connectivity index (χ0n) is 29.8. The molecule has 0 spiro atoms. The zero-order valence-corrected chi connectivity index (χ0v) is 32.0. The Morgan fingerprint density at radius 1 is 0.200 bits per heavy atom. The summed E-state index contributed by atoms with van der Waals surface area (Å²) in [4.78, 5) is 60.6. The van der Waals surface area contributed by atoms with Crippen LogP contribution in [0.4, 0.5) is 0 Å². The summed E-state index contributed by atoms with van der Waals surface area (Å²) in [6.45, 7) is 0. The first kappa shape index (κ1) is 57.2. The van der Waals surface area contributed by atoms with Crippen LogP contribution in [-0.4, -0.2) is 35.8 Å². The summed E-state index contributed by atoms with van der Waals surface area (Å²) in [5.74, 6) is -5.82. The maximum atomic E-state index is 10.1. The van der Waals surface area contributed by atoms with Crippen molar-refractivity contribution in [3.05, 3.63) is 0 Å². The summed E-state index contributed by atoms with van der Waals surface area (Å²) in [6, 6.07) is 0. The first-order chi connectivity index (χ1) is 22.9. The van der Waals surface area contributed by atoms with E-state index in [1.165, 1.54) is 0 Å². The van der Waals surface area contributed by atoms with Gasteiger partial charge in [-0.05, 0) is 77.0 Å². The first-order valence-electron chi connectivity index (χ1n) is 18.1. The Balaban J connectivity index is -0.000000199. The Morgan fingerprint density at radius 3 is 0.360 bits per heavy atom. The van der Waals surface area contributed by atoms with E-state index in [9.17, 15) is 59.4 Å². The molecule has 0 heterocycles. The van der Waals surface area contributed by atoms with E-state index in [0.717, 1.165) is 116 Å². The van der Waals surface area contributed by atoms with Crippen molar-refractivity contribution in [1.82, 2.24) is 0 Å². The second-order valence-electron chi connectivity index (χ2n) is 12.2.